The number of carbonyl (C=O) groups excluding carboxylic acids is 3. The summed E-state index contributed by atoms with van der Waals surface area (Å²) >= 11 is 5.56. The molecule has 3 unspecified atom stereocenters. The summed E-state index contributed by atoms with van der Waals surface area (Å²) in [6.07, 6.45) is 9.82. The van der Waals surface area contributed by atoms with Crippen LogP contribution in [0.2, 0.25) is 0 Å². The molecule has 10 heteroatoms. The van der Waals surface area contributed by atoms with Gasteiger partial charge in [-0.3, -0.25) is 14.4 Å². The van der Waals surface area contributed by atoms with E-state index in [4.69, 9.17) is 4.74 Å². The maximum Gasteiger partial charge on any atom is 0.247 e. The molecule has 8 nitrogen and oxygen atoms in total. The van der Waals surface area contributed by atoms with Gasteiger partial charge in [-0.2, -0.15) is 0 Å². The predicted octanol–water partition coefficient (Wildman–Crippen LogP) is 5.82. The maximum absolute atomic E-state index is 15.0. The Morgan fingerprint density at radius 3 is 2.39 bits per heavy atom. The van der Waals surface area contributed by atoms with Gasteiger partial charge in [-0.1, -0.05) is 61.2 Å². The van der Waals surface area contributed by atoms with Crippen molar-refractivity contribution in [1.29, 1.82) is 0 Å². The number of ether oxygens (including phenoxy) is 1. The molecular formula is C36H50BrN3O5S. The van der Waals surface area contributed by atoms with Gasteiger partial charge in [-0.15, -0.1) is 24.9 Å². The number of aliphatic hydroxyl groups excluding tert-OH is 1. The van der Waals surface area contributed by atoms with Crippen LogP contribution in [0.1, 0.15) is 65.7 Å². The van der Waals surface area contributed by atoms with Crippen LogP contribution in [0.3, 0.4) is 0 Å². The first-order valence-corrected chi connectivity index (χ1v) is 18.7. The van der Waals surface area contributed by atoms with Crippen molar-refractivity contribution in [2.45, 2.75) is 98.7 Å². The molecule has 1 aliphatic carbocycles. The molecule has 7 atom stereocenters. The van der Waals surface area contributed by atoms with Crippen molar-refractivity contribution in [2.75, 3.05) is 31.2 Å². The van der Waals surface area contributed by atoms with Gasteiger partial charge in [0, 0.05) is 34.9 Å². The normalized spacial score (nSPS) is 29.5. The Kier molecular flexibility index (Phi) is 11.3. The van der Waals surface area contributed by atoms with Gasteiger partial charge in [-0.25, -0.2) is 0 Å². The second-order valence-electron chi connectivity index (χ2n) is 13.6. The van der Waals surface area contributed by atoms with Crippen LogP contribution >= 0.6 is 27.7 Å². The van der Waals surface area contributed by atoms with Crippen molar-refractivity contribution >= 4 is 51.1 Å². The van der Waals surface area contributed by atoms with Crippen LogP contribution in [-0.2, 0) is 14.4 Å². The number of alkyl halides is 1. The molecule has 3 heterocycles. The van der Waals surface area contributed by atoms with Crippen molar-refractivity contribution in [3.05, 3.63) is 49.6 Å². The summed E-state index contributed by atoms with van der Waals surface area (Å²) in [4.78, 5) is 49.9. The van der Waals surface area contributed by atoms with E-state index in [-0.39, 0.29) is 52.9 Å². The van der Waals surface area contributed by atoms with Crippen LogP contribution in [0.5, 0.6) is 5.75 Å². The number of aliphatic hydroxyl groups is 1. The Hall–Kier alpha value is -2.30. The van der Waals surface area contributed by atoms with Gasteiger partial charge >= 0.3 is 0 Å². The minimum Gasteiger partial charge on any atom is -0.494 e. The third kappa shape index (κ3) is 6.30. The highest BCUT2D eigenvalue weighted by atomic mass is 79.9. The molecule has 0 radical (unpaired) electrons. The summed E-state index contributed by atoms with van der Waals surface area (Å²) in [6, 6.07) is 6.23. The number of hydrogen-bond donors (Lipinski definition) is 1. The summed E-state index contributed by atoms with van der Waals surface area (Å²) in [5.41, 5.74) is 0.707. The number of benzene rings is 1. The molecule has 3 saturated heterocycles. The van der Waals surface area contributed by atoms with Crippen LogP contribution in [0.15, 0.2) is 49.6 Å². The van der Waals surface area contributed by atoms with Gasteiger partial charge in [0.25, 0.3) is 0 Å². The second-order valence-corrected chi connectivity index (χ2v) is 16.3. The fourth-order valence-corrected chi connectivity index (χ4v) is 12.1. The minimum atomic E-state index is -0.787. The molecule has 4 aliphatic rings. The average Bonchev–Trinajstić information content (AvgIpc) is 3.65. The van der Waals surface area contributed by atoms with Crippen molar-refractivity contribution in [3.63, 3.8) is 0 Å². The number of likely N-dealkylation sites (tertiary alicyclic amines) is 1. The van der Waals surface area contributed by atoms with Crippen molar-refractivity contribution in [2.24, 2.45) is 17.8 Å². The number of carbonyl (C=O) groups is 3. The first-order valence-electron chi connectivity index (χ1n) is 16.9. The van der Waals surface area contributed by atoms with E-state index in [1.54, 1.807) is 33.7 Å². The predicted molar refractivity (Wildman–Crippen MR) is 188 cm³/mol. The second kappa shape index (κ2) is 14.9. The number of halogens is 1. The smallest absolute Gasteiger partial charge is 0.247 e. The summed E-state index contributed by atoms with van der Waals surface area (Å²) in [5, 5.41) is 10.5. The number of rotatable bonds is 14. The van der Waals surface area contributed by atoms with E-state index in [1.165, 1.54) is 0 Å². The molecule has 4 fully saturated rings. The van der Waals surface area contributed by atoms with E-state index >= 15 is 4.79 Å². The lowest BCUT2D eigenvalue weighted by Gasteiger charge is -2.43. The van der Waals surface area contributed by atoms with Gasteiger partial charge in [0.05, 0.1) is 35.8 Å². The Bertz CT molecular complexity index is 1290. The Balaban J connectivity index is 1.58. The number of hydrogen-bond acceptors (Lipinski definition) is 6. The molecule has 2 bridgehead atoms. The molecule has 1 spiro atoms. The molecular weight excluding hydrogens is 666 g/mol. The van der Waals surface area contributed by atoms with E-state index in [9.17, 15) is 14.7 Å². The van der Waals surface area contributed by atoms with Gasteiger partial charge in [0.1, 0.15) is 11.8 Å². The maximum atomic E-state index is 15.0. The standard InChI is InChI=1S/C36H50BrN3O5S/c1-6-18-38(25-14-16-27(17-15-25)45-8-3)33(42)29-30-34(43)40(26(22-41)20-23(4)5)32(36(30)21-28(37)31(29)46-36)35(44)39(19-7-2)24-12-10-9-11-13-24/h6-7,14-17,23-24,26,28-32,41H,1-2,8-13,18-22H2,3-5H3/t26-,28?,29-,30+,31-,32?,36?/m1/s1. The number of amides is 3. The minimum absolute atomic E-state index is 0.0446. The number of thioether (sulfide) groups is 1. The van der Waals surface area contributed by atoms with E-state index < -0.39 is 28.7 Å². The lowest BCUT2D eigenvalue weighted by Crippen LogP contribution is -2.59. The molecule has 3 amide bonds. The van der Waals surface area contributed by atoms with Gasteiger partial charge in [-0.05, 0) is 62.8 Å². The largest absolute Gasteiger partial charge is 0.494 e. The molecule has 46 heavy (non-hydrogen) atoms. The monoisotopic (exact) mass is 715 g/mol. The fraction of sp³-hybridized carbons (Fsp3) is 0.639. The van der Waals surface area contributed by atoms with Crippen LogP contribution in [-0.4, -0.2) is 91.9 Å². The molecule has 1 N–H and O–H groups in total. The highest BCUT2D eigenvalue weighted by Gasteiger charge is 2.76. The SMILES string of the molecule is C=CCN(C(=O)[C@H]1[C@@H]2SC3(CC2Br)C(C(=O)N(CC=C)C2CCCCC2)N([C@@H](CO)CC(C)C)C(=O)[C@H]13)c1ccc(OCC)cc1. The average molecular weight is 717 g/mol. The fourth-order valence-electron chi connectivity index (χ4n) is 8.47. The Morgan fingerprint density at radius 1 is 1.13 bits per heavy atom. The molecule has 3 aliphatic heterocycles. The lowest BCUT2D eigenvalue weighted by atomic mass is 9.70. The lowest BCUT2D eigenvalue weighted by molar-refractivity contribution is -0.147. The zero-order valence-electron chi connectivity index (χ0n) is 27.5. The zero-order chi connectivity index (χ0) is 33.2. The van der Waals surface area contributed by atoms with Gasteiger partial charge < -0.3 is 24.5 Å². The summed E-state index contributed by atoms with van der Waals surface area (Å²) in [6.45, 7) is 15.0. The number of anilines is 1. The van der Waals surface area contributed by atoms with E-state index in [2.05, 4.69) is 42.9 Å². The number of fused-ring (bicyclic) bond motifs is 1. The third-order valence-electron chi connectivity index (χ3n) is 10.3. The molecule has 1 aromatic carbocycles. The van der Waals surface area contributed by atoms with Crippen LogP contribution in [0.25, 0.3) is 0 Å². The molecule has 1 aromatic rings. The third-order valence-corrected chi connectivity index (χ3v) is 13.5. The zero-order valence-corrected chi connectivity index (χ0v) is 29.9. The van der Waals surface area contributed by atoms with E-state index in [0.29, 0.717) is 31.7 Å². The number of nitrogens with zero attached hydrogens (tertiary/aromatic N) is 3. The Labute approximate surface area is 287 Å². The highest BCUT2D eigenvalue weighted by molar-refractivity contribution is 9.09. The summed E-state index contributed by atoms with van der Waals surface area (Å²) in [7, 11) is 0. The first kappa shape index (κ1) is 35.0. The summed E-state index contributed by atoms with van der Waals surface area (Å²) < 4.78 is 4.84. The molecule has 0 aromatic heterocycles. The van der Waals surface area contributed by atoms with Crippen LogP contribution < -0.4 is 9.64 Å². The van der Waals surface area contributed by atoms with Crippen molar-refractivity contribution in [1.82, 2.24) is 9.80 Å². The molecule has 252 valence electrons. The first-order chi connectivity index (χ1) is 22.1. The van der Waals surface area contributed by atoms with E-state index in [1.807, 2.05) is 36.1 Å². The van der Waals surface area contributed by atoms with Gasteiger partial charge in [0.2, 0.25) is 17.7 Å². The quantitative estimate of drug-likeness (QED) is 0.193. The highest BCUT2D eigenvalue weighted by Crippen LogP contribution is 2.68. The van der Waals surface area contributed by atoms with Crippen LogP contribution in [0, 0.1) is 17.8 Å². The van der Waals surface area contributed by atoms with Crippen LogP contribution in [0.4, 0.5) is 5.69 Å². The van der Waals surface area contributed by atoms with E-state index in [0.717, 1.165) is 37.9 Å². The van der Waals surface area contributed by atoms with Crippen molar-refractivity contribution in [3.8, 4) is 5.75 Å². The van der Waals surface area contributed by atoms with Gasteiger partial charge in [0.15, 0.2) is 0 Å². The summed E-state index contributed by atoms with van der Waals surface area (Å²) in [5.74, 6) is -0.779. The Morgan fingerprint density at radius 2 is 1.80 bits per heavy atom. The molecule has 5 rings (SSSR count). The van der Waals surface area contributed by atoms with Crippen molar-refractivity contribution < 1.29 is 24.2 Å². The molecule has 1 saturated carbocycles. The topological polar surface area (TPSA) is 90.4 Å².